The van der Waals surface area contributed by atoms with E-state index in [0.717, 1.165) is 4.47 Å². The molecule has 1 aromatic carbocycles. The van der Waals surface area contributed by atoms with Crippen LogP contribution >= 0.6 is 15.9 Å². The minimum Gasteiger partial charge on any atom is -0.493 e. The molecule has 6 nitrogen and oxygen atoms in total. The van der Waals surface area contributed by atoms with E-state index in [0.29, 0.717) is 5.75 Å². The number of amides is 1. The molecular formula is C14H16BrNO5. The lowest BCUT2D eigenvalue weighted by Crippen LogP contribution is -2.41. The molecule has 0 radical (unpaired) electrons. The maximum absolute atomic E-state index is 12.0. The summed E-state index contributed by atoms with van der Waals surface area (Å²) >= 11 is 3.31. The largest absolute Gasteiger partial charge is 0.493 e. The number of carboxylic acid groups (broad SMARTS) is 1. The molecule has 1 heterocycles. The number of nitrogens with zero attached hydrogens (tertiary/aromatic N) is 1. The molecule has 1 aliphatic heterocycles. The van der Waals surface area contributed by atoms with Crippen LogP contribution in [-0.2, 0) is 9.59 Å². The monoisotopic (exact) mass is 357 g/mol. The summed E-state index contributed by atoms with van der Waals surface area (Å²) in [7, 11) is 0. The molecule has 7 heteroatoms. The van der Waals surface area contributed by atoms with E-state index in [1.807, 2.05) is 12.1 Å². The maximum atomic E-state index is 12.0. The van der Waals surface area contributed by atoms with Gasteiger partial charge in [-0.05, 0) is 24.3 Å². The van der Waals surface area contributed by atoms with E-state index in [-0.39, 0.29) is 31.9 Å². The number of carboxylic acids is 1. The van der Waals surface area contributed by atoms with Crippen LogP contribution in [0.25, 0.3) is 0 Å². The fourth-order valence-electron chi connectivity index (χ4n) is 2.25. The summed E-state index contributed by atoms with van der Waals surface area (Å²) in [5.74, 6) is -0.771. The highest BCUT2D eigenvalue weighted by Gasteiger charge is 2.38. The second-order valence-corrected chi connectivity index (χ2v) is 5.76. The van der Waals surface area contributed by atoms with Crippen LogP contribution in [0.3, 0.4) is 0 Å². The first-order chi connectivity index (χ1) is 9.97. The van der Waals surface area contributed by atoms with Gasteiger partial charge in [-0.3, -0.25) is 4.79 Å². The number of hydrogen-bond acceptors (Lipinski definition) is 4. The molecule has 0 aliphatic carbocycles. The molecule has 2 rings (SSSR count). The molecule has 1 aliphatic rings. The molecule has 0 bridgehead atoms. The Hall–Kier alpha value is -1.60. The number of aliphatic carboxylic acids is 1. The van der Waals surface area contributed by atoms with Crippen LogP contribution in [0, 0.1) is 0 Å². The van der Waals surface area contributed by atoms with Gasteiger partial charge in [0.05, 0.1) is 19.1 Å². The minimum absolute atomic E-state index is 0.0636. The number of β-amino-alcohol motifs (C(OH)–C–C–N with tert-alkyl or cyclic N) is 1. The first-order valence-corrected chi connectivity index (χ1v) is 7.35. The van der Waals surface area contributed by atoms with E-state index in [4.69, 9.17) is 9.84 Å². The summed E-state index contributed by atoms with van der Waals surface area (Å²) in [6.07, 6.45) is -0.622. The molecule has 1 fully saturated rings. The van der Waals surface area contributed by atoms with Crippen molar-refractivity contribution in [2.45, 2.75) is 25.0 Å². The molecule has 1 unspecified atom stereocenters. The van der Waals surface area contributed by atoms with Gasteiger partial charge in [-0.25, -0.2) is 4.79 Å². The number of halogens is 1. The van der Waals surface area contributed by atoms with Gasteiger partial charge < -0.3 is 19.8 Å². The number of aliphatic hydroxyl groups excluding tert-OH is 1. The van der Waals surface area contributed by atoms with Gasteiger partial charge in [-0.15, -0.1) is 0 Å². The van der Waals surface area contributed by atoms with Crippen LogP contribution in [0.1, 0.15) is 12.8 Å². The number of ether oxygens (including phenoxy) is 1. The van der Waals surface area contributed by atoms with Crippen molar-refractivity contribution in [2.75, 3.05) is 13.2 Å². The van der Waals surface area contributed by atoms with Crippen molar-refractivity contribution in [1.82, 2.24) is 4.90 Å². The maximum Gasteiger partial charge on any atom is 0.326 e. The van der Waals surface area contributed by atoms with Gasteiger partial charge in [0.2, 0.25) is 5.91 Å². The average Bonchev–Trinajstić information content (AvgIpc) is 2.83. The summed E-state index contributed by atoms with van der Waals surface area (Å²) in [5.41, 5.74) is 0. The van der Waals surface area contributed by atoms with E-state index in [2.05, 4.69) is 15.9 Å². The molecule has 1 saturated heterocycles. The number of likely N-dealkylation sites (tertiary alicyclic amines) is 1. The predicted molar refractivity (Wildman–Crippen MR) is 78.0 cm³/mol. The van der Waals surface area contributed by atoms with E-state index in [1.54, 1.807) is 12.1 Å². The normalized spacial score (nSPS) is 21.3. The fraction of sp³-hybridized carbons (Fsp3) is 0.429. The first kappa shape index (κ1) is 15.8. The average molecular weight is 358 g/mol. The van der Waals surface area contributed by atoms with Crippen molar-refractivity contribution < 1.29 is 24.5 Å². The Bertz CT molecular complexity index is 519. The number of rotatable bonds is 5. The van der Waals surface area contributed by atoms with Gasteiger partial charge in [0.15, 0.2) is 0 Å². The van der Waals surface area contributed by atoms with Crippen LogP contribution in [-0.4, -0.2) is 52.3 Å². The van der Waals surface area contributed by atoms with E-state index in [9.17, 15) is 14.7 Å². The number of aliphatic hydroxyl groups is 1. The zero-order valence-electron chi connectivity index (χ0n) is 11.2. The summed E-state index contributed by atoms with van der Waals surface area (Å²) in [5, 5.41) is 18.5. The van der Waals surface area contributed by atoms with Crippen LogP contribution in [0.4, 0.5) is 0 Å². The third-order valence-corrected chi connectivity index (χ3v) is 3.81. The number of carbonyl (C=O) groups is 2. The predicted octanol–water partition coefficient (Wildman–Crippen LogP) is 1.26. The highest BCUT2D eigenvalue weighted by atomic mass is 79.9. The Labute approximate surface area is 130 Å². The molecular weight excluding hydrogens is 342 g/mol. The molecule has 2 N–H and O–H groups in total. The van der Waals surface area contributed by atoms with E-state index in [1.165, 1.54) is 4.90 Å². The quantitative estimate of drug-likeness (QED) is 0.828. The van der Waals surface area contributed by atoms with Crippen molar-refractivity contribution >= 4 is 27.8 Å². The fourth-order valence-corrected chi connectivity index (χ4v) is 2.52. The van der Waals surface area contributed by atoms with E-state index >= 15 is 0 Å². The SMILES string of the molecule is O=C(O)[C@@H]1CC(O)CN1C(=O)CCOc1ccc(Br)cc1. The zero-order valence-corrected chi connectivity index (χ0v) is 12.8. The molecule has 2 atom stereocenters. The van der Waals surface area contributed by atoms with Crippen LogP contribution in [0.2, 0.25) is 0 Å². The standard InChI is InChI=1S/C14H16BrNO5/c15-9-1-3-11(4-2-9)21-6-5-13(18)16-8-10(17)7-12(16)14(19)20/h1-4,10,12,17H,5-8H2,(H,19,20)/t10?,12-/m0/s1. The Morgan fingerprint density at radius 3 is 2.62 bits per heavy atom. The Kier molecular flexibility index (Phi) is 5.19. The molecule has 1 aromatic rings. The van der Waals surface area contributed by atoms with Crippen LogP contribution < -0.4 is 4.74 Å². The van der Waals surface area contributed by atoms with Crippen molar-refractivity contribution in [3.8, 4) is 5.75 Å². The molecule has 0 saturated carbocycles. The number of carbonyl (C=O) groups excluding carboxylic acids is 1. The summed E-state index contributed by atoms with van der Waals surface area (Å²) in [6.45, 7) is 0.230. The van der Waals surface area contributed by atoms with Crippen LogP contribution in [0.15, 0.2) is 28.7 Å². The molecule has 0 spiro atoms. The lowest BCUT2D eigenvalue weighted by atomic mass is 10.2. The van der Waals surface area contributed by atoms with Crippen molar-refractivity contribution in [3.05, 3.63) is 28.7 Å². The third-order valence-electron chi connectivity index (χ3n) is 3.28. The Morgan fingerprint density at radius 2 is 2.00 bits per heavy atom. The summed E-state index contributed by atoms with van der Waals surface area (Å²) < 4.78 is 6.37. The lowest BCUT2D eigenvalue weighted by molar-refractivity contribution is -0.148. The molecule has 1 amide bonds. The van der Waals surface area contributed by atoms with Gasteiger partial charge in [0.1, 0.15) is 11.8 Å². The van der Waals surface area contributed by atoms with Gasteiger partial charge in [-0.1, -0.05) is 15.9 Å². The number of hydrogen-bond donors (Lipinski definition) is 2. The molecule has 0 aromatic heterocycles. The van der Waals surface area contributed by atoms with Gasteiger partial charge in [0.25, 0.3) is 0 Å². The second-order valence-electron chi connectivity index (χ2n) is 4.84. The number of benzene rings is 1. The summed E-state index contributed by atoms with van der Waals surface area (Å²) in [6, 6.07) is 6.26. The highest BCUT2D eigenvalue weighted by Crippen LogP contribution is 2.20. The smallest absolute Gasteiger partial charge is 0.326 e. The Morgan fingerprint density at radius 1 is 1.33 bits per heavy atom. The van der Waals surface area contributed by atoms with Gasteiger partial charge in [-0.2, -0.15) is 0 Å². The van der Waals surface area contributed by atoms with Crippen molar-refractivity contribution in [3.63, 3.8) is 0 Å². The first-order valence-electron chi connectivity index (χ1n) is 6.56. The zero-order chi connectivity index (χ0) is 15.4. The van der Waals surface area contributed by atoms with Crippen LogP contribution in [0.5, 0.6) is 5.75 Å². The van der Waals surface area contributed by atoms with Crippen molar-refractivity contribution in [1.29, 1.82) is 0 Å². The second kappa shape index (κ2) is 6.91. The lowest BCUT2D eigenvalue weighted by Gasteiger charge is -2.21. The van der Waals surface area contributed by atoms with Gasteiger partial charge >= 0.3 is 5.97 Å². The van der Waals surface area contributed by atoms with E-state index < -0.39 is 18.1 Å². The molecule has 114 valence electrons. The minimum atomic E-state index is -1.09. The summed E-state index contributed by atoms with van der Waals surface area (Å²) in [4.78, 5) is 24.3. The Balaban J connectivity index is 1.84. The van der Waals surface area contributed by atoms with Crippen molar-refractivity contribution in [2.24, 2.45) is 0 Å². The van der Waals surface area contributed by atoms with Gasteiger partial charge in [0, 0.05) is 17.4 Å². The highest BCUT2D eigenvalue weighted by molar-refractivity contribution is 9.10. The molecule has 21 heavy (non-hydrogen) atoms. The topological polar surface area (TPSA) is 87.1 Å². The third kappa shape index (κ3) is 4.18.